The number of hydrogen-bond donors (Lipinski definition) is 0. The van der Waals surface area contributed by atoms with Gasteiger partial charge in [-0.25, -0.2) is 0 Å². The first-order chi connectivity index (χ1) is 24.5. The van der Waals surface area contributed by atoms with Crippen LogP contribution in [-0.2, 0) is 19.0 Å². The largest absolute Gasteiger partial charge is 0.344 e. The van der Waals surface area contributed by atoms with Crippen molar-refractivity contribution >= 4 is 65.4 Å². The van der Waals surface area contributed by atoms with Crippen LogP contribution in [0, 0.1) is 0 Å². The van der Waals surface area contributed by atoms with Gasteiger partial charge < -0.3 is 13.7 Å². The Labute approximate surface area is 290 Å². The Morgan fingerprint density at radius 2 is 1.12 bits per heavy atom. The summed E-state index contributed by atoms with van der Waals surface area (Å²) in [6.45, 7) is 5.52. The molecule has 0 saturated carbocycles. The van der Waals surface area contributed by atoms with Gasteiger partial charge in [-0.2, -0.15) is 0 Å². The molecule has 238 valence electrons. The predicted molar refractivity (Wildman–Crippen MR) is 211 cm³/mol. The molecule has 0 N–H and O–H groups in total. The first-order valence-electron chi connectivity index (χ1n) is 17.6. The zero-order valence-corrected chi connectivity index (χ0v) is 28.4. The van der Waals surface area contributed by atoms with E-state index in [-0.39, 0.29) is 5.41 Å². The Bertz CT molecular complexity index is 3040. The van der Waals surface area contributed by atoms with Gasteiger partial charge in [0.15, 0.2) is 0 Å². The molecule has 3 heteroatoms. The van der Waals surface area contributed by atoms with Gasteiger partial charge in [0.05, 0.1) is 16.6 Å². The molecule has 0 spiro atoms. The first-order valence-corrected chi connectivity index (χ1v) is 17.6. The topological polar surface area (TPSA) is 14.8 Å². The molecule has 11 rings (SSSR count). The van der Waals surface area contributed by atoms with Crippen LogP contribution < -0.4 is 0 Å². The lowest BCUT2D eigenvalue weighted by atomic mass is 9.82. The fourth-order valence-corrected chi connectivity index (χ4v) is 9.44. The van der Waals surface area contributed by atoms with Crippen LogP contribution in [0.4, 0.5) is 0 Å². The number of para-hydroxylation sites is 3. The molecule has 3 aromatic heterocycles. The Morgan fingerprint density at radius 1 is 0.480 bits per heavy atom. The van der Waals surface area contributed by atoms with Gasteiger partial charge in [-0.05, 0) is 76.3 Å². The number of aromatic nitrogens is 3. The van der Waals surface area contributed by atoms with E-state index in [9.17, 15) is 0 Å². The summed E-state index contributed by atoms with van der Waals surface area (Å²) in [5, 5.41) is 7.92. The second-order valence-corrected chi connectivity index (χ2v) is 14.6. The van der Waals surface area contributed by atoms with Crippen LogP contribution in [0.25, 0.3) is 82.2 Å². The van der Waals surface area contributed by atoms with Gasteiger partial charge in [-0.1, -0.05) is 111 Å². The van der Waals surface area contributed by atoms with E-state index in [0.29, 0.717) is 0 Å². The molecule has 1 aliphatic rings. The molecule has 1 aliphatic carbocycles. The summed E-state index contributed by atoms with van der Waals surface area (Å²) in [5.41, 5.74) is 15.6. The van der Waals surface area contributed by atoms with Crippen molar-refractivity contribution in [1.29, 1.82) is 0 Å². The second kappa shape index (κ2) is 9.77. The molecule has 0 bridgehead atoms. The molecule has 3 heterocycles. The fraction of sp³-hybridized carbons (Fsp3) is 0.106. The van der Waals surface area contributed by atoms with Crippen molar-refractivity contribution in [2.75, 3.05) is 0 Å². The minimum atomic E-state index is -0.0330. The predicted octanol–water partition coefficient (Wildman–Crippen LogP) is 11.9. The van der Waals surface area contributed by atoms with E-state index in [1.54, 1.807) is 0 Å². The van der Waals surface area contributed by atoms with Gasteiger partial charge in [0.1, 0.15) is 0 Å². The zero-order chi connectivity index (χ0) is 33.3. The van der Waals surface area contributed by atoms with E-state index in [0.717, 1.165) is 6.54 Å². The van der Waals surface area contributed by atoms with Gasteiger partial charge in [0.2, 0.25) is 0 Å². The van der Waals surface area contributed by atoms with Gasteiger partial charge in [-0.3, -0.25) is 0 Å². The molecule has 3 nitrogen and oxygen atoms in total. The maximum Gasteiger partial charge on any atom is 0.0548 e. The molecule has 0 radical (unpaired) electrons. The average molecular weight is 642 g/mol. The van der Waals surface area contributed by atoms with Gasteiger partial charge in [-0.15, -0.1) is 0 Å². The van der Waals surface area contributed by atoms with E-state index in [1.165, 1.54) is 98.9 Å². The van der Waals surface area contributed by atoms with E-state index in [1.807, 2.05) is 0 Å². The van der Waals surface area contributed by atoms with Crippen molar-refractivity contribution in [1.82, 2.24) is 13.7 Å². The maximum atomic E-state index is 2.54. The van der Waals surface area contributed by atoms with Crippen molar-refractivity contribution in [2.24, 2.45) is 7.05 Å². The third-order valence-electron chi connectivity index (χ3n) is 11.7. The number of nitrogens with zero attached hydrogens (tertiary/aromatic N) is 3. The monoisotopic (exact) mass is 641 g/mol. The van der Waals surface area contributed by atoms with E-state index < -0.39 is 0 Å². The Hall–Kier alpha value is -6.06. The molecule has 0 fully saturated rings. The summed E-state index contributed by atoms with van der Waals surface area (Å²) >= 11 is 0. The summed E-state index contributed by atoms with van der Waals surface area (Å²) < 4.78 is 7.34. The zero-order valence-electron chi connectivity index (χ0n) is 28.4. The van der Waals surface area contributed by atoms with Crippen molar-refractivity contribution in [3.05, 3.63) is 162 Å². The highest BCUT2D eigenvalue weighted by molar-refractivity contribution is 6.28. The summed E-state index contributed by atoms with van der Waals surface area (Å²) in [6.07, 6.45) is 0. The fourth-order valence-electron chi connectivity index (χ4n) is 9.44. The SMILES string of the molecule is Cn1c2ccccc2c2c3c4ccc(Cn5c6ccccc6c6c7c(ccc65)C(C)(C)c5ccccc5-7)cc4n(-c4ccccc4)c3ccc21. The molecular weight excluding hydrogens is 607 g/mol. The number of fused-ring (bicyclic) bond motifs is 14. The molecule has 0 saturated heterocycles. The van der Waals surface area contributed by atoms with Gasteiger partial charge in [0.25, 0.3) is 0 Å². The normalized spacial score (nSPS) is 13.7. The van der Waals surface area contributed by atoms with Crippen LogP contribution >= 0.6 is 0 Å². The lowest BCUT2D eigenvalue weighted by Crippen LogP contribution is -2.14. The smallest absolute Gasteiger partial charge is 0.0548 e. The highest BCUT2D eigenvalue weighted by Gasteiger charge is 2.37. The van der Waals surface area contributed by atoms with Crippen LogP contribution in [0.15, 0.2) is 146 Å². The average Bonchev–Trinajstić information content (AvgIpc) is 3.83. The highest BCUT2D eigenvalue weighted by Crippen LogP contribution is 2.53. The number of aryl methyl sites for hydroxylation is 1. The molecular formula is C47H35N3. The summed E-state index contributed by atoms with van der Waals surface area (Å²) in [5.74, 6) is 0. The molecule has 0 amide bonds. The van der Waals surface area contributed by atoms with Crippen molar-refractivity contribution < 1.29 is 0 Å². The van der Waals surface area contributed by atoms with Gasteiger partial charge >= 0.3 is 0 Å². The molecule has 10 aromatic rings. The first kappa shape index (κ1) is 27.8. The van der Waals surface area contributed by atoms with Crippen LogP contribution in [0.3, 0.4) is 0 Å². The number of hydrogen-bond acceptors (Lipinski definition) is 0. The second-order valence-electron chi connectivity index (χ2n) is 14.6. The third kappa shape index (κ3) is 3.49. The third-order valence-corrected chi connectivity index (χ3v) is 11.7. The lowest BCUT2D eigenvalue weighted by molar-refractivity contribution is 0.661. The summed E-state index contributed by atoms with van der Waals surface area (Å²) in [6, 6.07) is 54.2. The van der Waals surface area contributed by atoms with Crippen LogP contribution in [0.5, 0.6) is 0 Å². The van der Waals surface area contributed by atoms with Crippen molar-refractivity contribution in [2.45, 2.75) is 25.8 Å². The summed E-state index contributed by atoms with van der Waals surface area (Å²) in [7, 11) is 2.19. The standard InChI is InChI=1S/C47H35N3/c1-47(2)35-18-10-7-15-31(35)43-36(47)23-24-40-45(43)33-17-9-12-20-38(33)49(40)28-29-21-22-34-42(27-29)50(30-13-5-4-6-14-30)41-26-25-39-44(46(34)41)32-16-8-11-19-37(32)48(39)3/h4-27H,28H2,1-3H3. The number of rotatable bonds is 3. The summed E-state index contributed by atoms with van der Waals surface area (Å²) in [4.78, 5) is 0. The molecule has 7 aromatic carbocycles. The van der Waals surface area contributed by atoms with Crippen LogP contribution in [0.1, 0.15) is 30.5 Å². The van der Waals surface area contributed by atoms with Gasteiger partial charge in [0, 0.05) is 73.6 Å². The Kier molecular flexibility index (Phi) is 5.44. The van der Waals surface area contributed by atoms with Crippen LogP contribution in [0.2, 0.25) is 0 Å². The lowest BCUT2D eigenvalue weighted by Gasteiger charge is -2.21. The molecule has 0 aliphatic heterocycles. The molecule has 0 atom stereocenters. The van der Waals surface area contributed by atoms with Crippen molar-refractivity contribution in [3.63, 3.8) is 0 Å². The minimum Gasteiger partial charge on any atom is -0.344 e. The molecule has 50 heavy (non-hydrogen) atoms. The van der Waals surface area contributed by atoms with Crippen molar-refractivity contribution in [3.8, 4) is 16.8 Å². The van der Waals surface area contributed by atoms with E-state index in [4.69, 9.17) is 0 Å². The Balaban J connectivity index is 1.18. The van der Waals surface area contributed by atoms with E-state index in [2.05, 4.69) is 180 Å². The highest BCUT2D eigenvalue weighted by atomic mass is 15.0. The number of benzene rings is 7. The maximum absolute atomic E-state index is 2.54. The molecule has 0 unspecified atom stereocenters. The Morgan fingerprint density at radius 3 is 1.96 bits per heavy atom. The van der Waals surface area contributed by atoms with E-state index >= 15 is 0 Å². The van der Waals surface area contributed by atoms with Crippen LogP contribution in [-0.4, -0.2) is 13.7 Å². The quantitative estimate of drug-likeness (QED) is 0.182. The minimum absolute atomic E-state index is 0.0330.